The highest BCUT2D eigenvalue weighted by molar-refractivity contribution is 5.55. The Balaban J connectivity index is 1.52. The fraction of sp³-hybridized carbons (Fsp3) is 0.714. The third kappa shape index (κ3) is 15.3. The van der Waals surface area contributed by atoms with Crippen molar-refractivity contribution in [3.05, 3.63) is 47.8 Å². The van der Waals surface area contributed by atoms with E-state index in [9.17, 15) is 0 Å². The highest BCUT2D eigenvalue weighted by Crippen LogP contribution is 2.19. The maximum absolute atomic E-state index is 4.67. The average molecular weight is 507 g/mol. The molecule has 0 saturated carbocycles. The summed E-state index contributed by atoms with van der Waals surface area (Å²) in [6, 6.07) is 8.92. The molecule has 0 fully saturated rings. The van der Waals surface area contributed by atoms with Gasteiger partial charge in [-0.15, -0.1) is 0 Å². The molecule has 1 aromatic carbocycles. The van der Waals surface area contributed by atoms with E-state index in [0.29, 0.717) is 0 Å². The zero-order chi connectivity index (χ0) is 26.4. The van der Waals surface area contributed by atoms with Crippen molar-refractivity contribution in [1.29, 1.82) is 0 Å². The van der Waals surface area contributed by atoms with Crippen LogP contribution in [-0.4, -0.2) is 9.97 Å². The van der Waals surface area contributed by atoms with Gasteiger partial charge in [0, 0.05) is 18.0 Å². The van der Waals surface area contributed by atoms with Crippen LogP contribution in [0.1, 0.15) is 154 Å². The summed E-state index contributed by atoms with van der Waals surface area (Å²) < 4.78 is 0. The van der Waals surface area contributed by atoms with E-state index in [0.717, 1.165) is 23.7 Å². The summed E-state index contributed by atoms with van der Waals surface area (Å²) in [6.45, 7) is 6.97. The third-order valence-electron chi connectivity index (χ3n) is 8.10. The van der Waals surface area contributed by atoms with E-state index in [1.54, 1.807) is 0 Å². The Morgan fingerprint density at radius 2 is 1.00 bits per heavy atom. The molecule has 0 bridgehead atoms. The van der Waals surface area contributed by atoms with Crippen LogP contribution in [0, 0.1) is 5.92 Å². The molecule has 1 atom stereocenters. The maximum Gasteiger partial charge on any atom is 0.159 e. The molecule has 0 aliphatic carbocycles. The van der Waals surface area contributed by atoms with E-state index in [1.165, 1.54) is 140 Å². The van der Waals surface area contributed by atoms with Crippen LogP contribution in [0.5, 0.6) is 0 Å². The van der Waals surface area contributed by atoms with Crippen molar-refractivity contribution in [2.75, 3.05) is 0 Å². The monoisotopic (exact) mass is 506 g/mol. The van der Waals surface area contributed by atoms with Gasteiger partial charge in [-0.25, -0.2) is 9.97 Å². The van der Waals surface area contributed by atoms with E-state index in [-0.39, 0.29) is 0 Å². The molecule has 2 aromatic rings. The minimum Gasteiger partial charge on any atom is -0.236 e. The molecule has 1 aromatic heterocycles. The number of unbranched alkanes of at least 4 members (excludes halogenated alkanes) is 15. The number of hydrogen-bond donors (Lipinski definition) is 0. The first-order valence-electron chi connectivity index (χ1n) is 16.1. The zero-order valence-electron chi connectivity index (χ0n) is 24.8. The molecule has 0 radical (unpaired) electrons. The Bertz CT molecular complexity index is 765. The molecule has 0 aliphatic heterocycles. The third-order valence-corrected chi connectivity index (χ3v) is 8.10. The Morgan fingerprint density at radius 1 is 0.541 bits per heavy atom. The molecule has 2 rings (SSSR count). The molecule has 2 nitrogen and oxygen atoms in total. The van der Waals surface area contributed by atoms with Crippen LogP contribution < -0.4 is 0 Å². The van der Waals surface area contributed by atoms with Gasteiger partial charge in [0.15, 0.2) is 5.82 Å². The van der Waals surface area contributed by atoms with Crippen LogP contribution in [0.3, 0.4) is 0 Å². The number of benzene rings is 1. The van der Waals surface area contributed by atoms with Crippen LogP contribution in [0.25, 0.3) is 11.4 Å². The fourth-order valence-corrected chi connectivity index (χ4v) is 5.18. The smallest absolute Gasteiger partial charge is 0.159 e. The van der Waals surface area contributed by atoms with Gasteiger partial charge in [-0.3, -0.25) is 0 Å². The first-order chi connectivity index (χ1) is 18.2. The summed E-state index contributed by atoms with van der Waals surface area (Å²) in [7, 11) is 0. The van der Waals surface area contributed by atoms with Crippen LogP contribution in [0.4, 0.5) is 0 Å². The van der Waals surface area contributed by atoms with Crippen molar-refractivity contribution < 1.29 is 0 Å². The normalized spacial score (nSPS) is 12.2. The van der Waals surface area contributed by atoms with Crippen molar-refractivity contribution in [3.8, 4) is 11.4 Å². The minimum atomic E-state index is 0.853. The second kappa shape index (κ2) is 21.3. The second-order valence-corrected chi connectivity index (χ2v) is 11.6. The van der Waals surface area contributed by atoms with Crippen molar-refractivity contribution in [3.63, 3.8) is 0 Å². The molecule has 0 aliphatic rings. The van der Waals surface area contributed by atoms with Gasteiger partial charge in [0.1, 0.15) is 0 Å². The summed E-state index contributed by atoms with van der Waals surface area (Å²) >= 11 is 0. The van der Waals surface area contributed by atoms with Gasteiger partial charge in [0.2, 0.25) is 0 Å². The highest BCUT2D eigenvalue weighted by Gasteiger charge is 2.03. The van der Waals surface area contributed by atoms with Crippen LogP contribution in [0.2, 0.25) is 0 Å². The summed E-state index contributed by atoms with van der Waals surface area (Å²) in [6.07, 6.45) is 32.7. The van der Waals surface area contributed by atoms with E-state index < -0.39 is 0 Å². The Labute approximate surface area is 230 Å². The SMILES string of the molecule is CCCCCCCCCCCCCCc1cnc(-c2ccc(CCCCCCCC(C)CC)cc2)nc1. The number of rotatable bonds is 23. The molecular formula is C35H58N2. The van der Waals surface area contributed by atoms with Crippen LogP contribution in [0.15, 0.2) is 36.7 Å². The first kappa shape index (κ1) is 31.5. The Morgan fingerprint density at radius 3 is 1.51 bits per heavy atom. The summed E-state index contributed by atoms with van der Waals surface area (Å²) in [5, 5.41) is 0. The van der Waals surface area contributed by atoms with Crippen LogP contribution in [-0.2, 0) is 12.8 Å². The molecule has 37 heavy (non-hydrogen) atoms. The van der Waals surface area contributed by atoms with Crippen molar-refractivity contribution >= 4 is 0 Å². The molecule has 0 N–H and O–H groups in total. The van der Waals surface area contributed by atoms with E-state index in [2.05, 4.69) is 55.0 Å². The molecule has 0 spiro atoms. The Kier molecular flexibility index (Phi) is 18.1. The van der Waals surface area contributed by atoms with E-state index >= 15 is 0 Å². The van der Waals surface area contributed by atoms with Gasteiger partial charge in [0.05, 0.1) is 0 Å². The van der Waals surface area contributed by atoms with Crippen molar-refractivity contribution in [2.45, 2.75) is 156 Å². The molecule has 208 valence electrons. The predicted octanol–water partition coefficient (Wildman–Crippen LogP) is 11.3. The topological polar surface area (TPSA) is 25.8 Å². The average Bonchev–Trinajstić information content (AvgIpc) is 2.93. The van der Waals surface area contributed by atoms with E-state index in [4.69, 9.17) is 0 Å². The Hall–Kier alpha value is -1.70. The maximum atomic E-state index is 4.67. The number of hydrogen-bond acceptors (Lipinski definition) is 2. The van der Waals surface area contributed by atoms with Gasteiger partial charge in [0.25, 0.3) is 0 Å². The van der Waals surface area contributed by atoms with Gasteiger partial charge in [-0.1, -0.05) is 154 Å². The standard InChI is InChI=1S/C35H58N2/c1-4-6-7-8-9-10-11-12-13-14-17-21-24-33-29-36-35(37-30-33)34-27-25-32(26-28-34)23-20-18-15-16-19-22-31(3)5-2/h25-31H,4-24H2,1-3H3. The van der Waals surface area contributed by atoms with Crippen molar-refractivity contribution in [2.24, 2.45) is 5.92 Å². The molecule has 1 unspecified atom stereocenters. The summed E-state index contributed by atoms with van der Waals surface area (Å²) in [4.78, 5) is 9.33. The summed E-state index contributed by atoms with van der Waals surface area (Å²) in [5.41, 5.74) is 3.84. The zero-order valence-corrected chi connectivity index (χ0v) is 24.8. The molecule has 1 heterocycles. The fourth-order valence-electron chi connectivity index (χ4n) is 5.18. The number of aryl methyl sites for hydroxylation is 2. The summed E-state index contributed by atoms with van der Waals surface area (Å²) in [5.74, 6) is 1.75. The molecule has 0 saturated heterocycles. The quantitative estimate of drug-likeness (QED) is 0.140. The number of aromatic nitrogens is 2. The predicted molar refractivity (Wildman–Crippen MR) is 163 cm³/mol. The minimum absolute atomic E-state index is 0.853. The van der Waals surface area contributed by atoms with Gasteiger partial charge in [-0.2, -0.15) is 0 Å². The lowest BCUT2D eigenvalue weighted by molar-refractivity contribution is 0.472. The molecule has 2 heteroatoms. The highest BCUT2D eigenvalue weighted by atomic mass is 14.9. The first-order valence-corrected chi connectivity index (χ1v) is 16.1. The largest absolute Gasteiger partial charge is 0.236 e. The second-order valence-electron chi connectivity index (χ2n) is 11.6. The molecular weight excluding hydrogens is 448 g/mol. The van der Waals surface area contributed by atoms with Crippen molar-refractivity contribution in [1.82, 2.24) is 9.97 Å². The lowest BCUT2D eigenvalue weighted by Gasteiger charge is -2.07. The van der Waals surface area contributed by atoms with Gasteiger partial charge < -0.3 is 0 Å². The van der Waals surface area contributed by atoms with Crippen LogP contribution >= 0.6 is 0 Å². The number of nitrogens with zero attached hydrogens (tertiary/aromatic N) is 2. The lowest BCUT2D eigenvalue weighted by atomic mass is 9.99. The van der Waals surface area contributed by atoms with Gasteiger partial charge in [-0.05, 0) is 42.7 Å². The van der Waals surface area contributed by atoms with Gasteiger partial charge >= 0.3 is 0 Å². The molecule has 0 amide bonds. The lowest BCUT2D eigenvalue weighted by Crippen LogP contribution is -1.94. The van der Waals surface area contributed by atoms with E-state index in [1.807, 2.05) is 12.4 Å².